The quantitative estimate of drug-likeness (QED) is 0.354. The molecule has 0 saturated carbocycles. The number of hydrogen-bond donors (Lipinski definition) is 2. The van der Waals surface area contributed by atoms with Crippen molar-refractivity contribution in [2.45, 2.75) is 36.0 Å². The molecule has 0 aliphatic carbocycles. The van der Waals surface area contributed by atoms with Crippen LogP contribution >= 0.6 is 0 Å². The van der Waals surface area contributed by atoms with E-state index in [0.717, 1.165) is 20.3 Å². The molecule has 0 spiro atoms. The minimum atomic E-state index is -5.08. The predicted octanol–water partition coefficient (Wildman–Crippen LogP) is 2.13. The van der Waals surface area contributed by atoms with Crippen molar-refractivity contribution in [3.63, 3.8) is 0 Å². The topological polar surface area (TPSA) is 150 Å². The molecule has 2 heterocycles. The summed E-state index contributed by atoms with van der Waals surface area (Å²) in [4.78, 5) is 48.6. The Morgan fingerprint density at radius 2 is 1.57 bits per heavy atom. The number of amides is 2. The van der Waals surface area contributed by atoms with Gasteiger partial charge in [0.2, 0.25) is 21.8 Å². The highest BCUT2D eigenvalue weighted by Crippen LogP contribution is 2.45. The smallest absolute Gasteiger partial charge is 0.475 e. The number of likely N-dealkylation sites (N-methyl/N-ethyl adjacent to an activating group) is 1. The average Bonchev–Trinajstić information content (AvgIpc) is 3.41. The van der Waals surface area contributed by atoms with E-state index in [-0.39, 0.29) is 17.9 Å². The maximum absolute atomic E-state index is 13.3. The molecular formula is C27H30F3N3O8S. The Bertz CT molecular complexity index is 1450. The number of hydrogen-bond acceptors (Lipinski definition) is 8. The SMILES string of the molecule is CC[C@@]1(C(=O)OC)N[C@H](CN(C)S(=O)(=O)c2ccc(-c3ccccc3)cc2)[C@@H]2C(=O)N(C)C(=O)[C@@H]21.O=C(O)C(F)(F)F. The Balaban J connectivity index is 0.000000616. The molecule has 15 heteroatoms. The van der Waals surface area contributed by atoms with Gasteiger partial charge in [-0.25, -0.2) is 13.2 Å². The molecule has 0 radical (unpaired) electrons. The van der Waals surface area contributed by atoms with E-state index in [1.807, 2.05) is 30.3 Å². The van der Waals surface area contributed by atoms with Crippen LogP contribution in [0, 0.1) is 11.8 Å². The van der Waals surface area contributed by atoms with Gasteiger partial charge in [0.25, 0.3) is 0 Å². The summed E-state index contributed by atoms with van der Waals surface area (Å²) in [5.41, 5.74) is 0.457. The Labute approximate surface area is 240 Å². The third-order valence-electron chi connectivity index (χ3n) is 7.45. The number of carboxylic acid groups (broad SMARTS) is 1. The van der Waals surface area contributed by atoms with Gasteiger partial charge in [-0.1, -0.05) is 49.4 Å². The number of imide groups is 1. The second kappa shape index (κ2) is 12.2. The van der Waals surface area contributed by atoms with E-state index in [1.54, 1.807) is 31.2 Å². The van der Waals surface area contributed by atoms with Gasteiger partial charge in [-0.2, -0.15) is 17.5 Å². The van der Waals surface area contributed by atoms with Crippen LogP contribution < -0.4 is 5.32 Å². The van der Waals surface area contributed by atoms with Gasteiger partial charge in [0, 0.05) is 26.7 Å². The number of carbonyl (C=O) groups is 4. The number of rotatable bonds is 7. The van der Waals surface area contributed by atoms with Crippen molar-refractivity contribution in [1.29, 1.82) is 0 Å². The standard InChI is InChI=1S/C25H29N3O6S.C2HF3O2/c1-5-25(24(31)34-4)21-20(22(29)28(3)23(21)30)19(26-25)15-27(2)35(32,33)18-13-11-17(12-14-18)16-9-7-6-8-10-16;3-2(4,5)1(6)7/h6-14,19-21,26H,5,15H2,1-4H3;(H,6,7)/t19-,20+,21-,25-;/m1./s1. The summed E-state index contributed by atoms with van der Waals surface area (Å²) in [5.74, 6) is -6.13. The van der Waals surface area contributed by atoms with Crippen LogP contribution in [0.3, 0.4) is 0 Å². The van der Waals surface area contributed by atoms with Crippen LogP contribution in [0.2, 0.25) is 0 Å². The van der Waals surface area contributed by atoms with Crippen LogP contribution in [0.25, 0.3) is 11.1 Å². The highest BCUT2D eigenvalue weighted by atomic mass is 32.2. The number of ether oxygens (including phenoxy) is 1. The van der Waals surface area contributed by atoms with Crippen molar-refractivity contribution in [2.24, 2.45) is 11.8 Å². The number of fused-ring (bicyclic) bond motifs is 1. The first-order chi connectivity index (χ1) is 19.5. The van der Waals surface area contributed by atoms with E-state index in [2.05, 4.69) is 5.32 Å². The minimum absolute atomic E-state index is 0.102. The van der Waals surface area contributed by atoms with Crippen molar-refractivity contribution in [3.8, 4) is 11.1 Å². The Morgan fingerprint density at radius 1 is 1.05 bits per heavy atom. The van der Waals surface area contributed by atoms with E-state index >= 15 is 0 Å². The molecule has 2 fully saturated rings. The first-order valence-electron chi connectivity index (χ1n) is 12.6. The Morgan fingerprint density at radius 3 is 2.05 bits per heavy atom. The van der Waals surface area contributed by atoms with Gasteiger partial charge in [-0.15, -0.1) is 0 Å². The largest absolute Gasteiger partial charge is 0.490 e. The highest BCUT2D eigenvalue weighted by Gasteiger charge is 2.67. The minimum Gasteiger partial charge on any atom is -0.475 e. The number of methoxy groups -OCH3 is 1. The highest BCUT2D eigenvalue weighted by molar-refractivity contribution is 7.89. The van der Waals surface area contributed by atoms with Crippen LogP contribution in [-0.4, -0.2) is 92.0 Å². The first kappa shape index (κ1) is 32.7. The van der Waals surface area contributed by atoms with Crippen molar-refractivity contribution >= 4 is 33.8 Å². The molecule has 0 aromatic heterocycles. The lowest BCUT2D eigenvalue weighted by Crippen LogP contribution is -2.57. The summed E-state index contributed by atoms with van der Waals surface area (Å²) < 4.78 is 64.5. The molecule has 2 saturated heterocycles. The van der Waals surface area contributed by atoms with Gasteiger partial charge in [0.1, 0.15) is 5.54 Å². The number of nitrogens with one attached hydrogen (secondary N) is 1. The van der Waals surface area contributed by atoms with Gasteiger partial charge >= 0.3 is 18.1 Å². The summed E-state index contributed by atoms with van der Waals surface area (Å²) in [6, 6.07) is 15.4. The predicted molar refractivity (Wildman–Crippen MR) is 142 cm³/mol. The molecule has 2 aromatic carbocycles. The molecule has 2 aromatic rings. The molecule has 4 atom stereocenters. The third-order valence-corrected chi connectivity index (χ3v) is 9.29. The summed E-state index contributed by atoms with van der Waals surface area (Å²) in [6.45, 7) is 1.63. The van der Waals surface area contributed by atoms with E-state index in [4.69, 9.17) is 14.6 Å². The van der Waals surface area contributed by atoms with Crippen molar-refractivity contribution in [1.82, 2.24) is 14.5 Å². The fourth-order valence-electron chi connectivity index (χ4n) is 5.27. The molecule has 4 rings (SSSR count). The number of carbonyl (C=O) groups excluding carboxylic acids is 3. The lowest BCUT2D eigenvalue weighted by atomic mass is 9.78. The number of sulfonamides is 1. The number of aliphatic carboxylic acids is 1. The van der Waals surface area contributed by atoms with Crippen molar-refractivity contribution in [3.05, 3.63) is 54.6 Å². The first-order valence-corrected chi connectivity index (χ1v) is 14.1. The zero-order valence-corrected chi connectivity index (χ0v) is 23.9. The van der Waals surface area contributed by atoms with Gasteiger partial charge in [-0.05, 0) is 29.7 Å². The molecule has 0 bridgehead atoms. The second-order valence-electron chi connectivity index (χ2n) is 9.79. The summed E-state index contributed by atoms with van der Waals surface area (Å²) in [6.07, 6.45) is -4.87. The molecule has 228 valence electrons. The Kier molecular flexibility index (Phi) is 9.49. The molecule has 11 nitrogen and oxygen atoms in total. The summed E-state index contributed by atoms with van der Waals surface area (Å²) >= 11 is 0. The van der Waals surface area contributed by atoms with Crippen LogP contribution in [0.5, 0.6) is 0 Å². The lowest BCUT2D eigenvalue weighted by Gasteiger charge is -2.31. The summed E-state index contributed by atoms with van der Waals surface area (Å²) in [7, 11) is 0.130. The molecule has 2 amide bonds. The van der Waals surface area contributed by atoms with Crippen molar-refractivity contribution < 1.29 is 50.6 Å². The van der Waals surface area contributed by atoms with E-state index in [0.29, 0.717) is 0 Å². The number of nitrogens with zero attached hydrogens (tertiary/aromatic N) is 2. The second-order valence-corrected chi connectivity index (χ2v) is 11.8. The van der Waals surface area contributed by atoms with Crippen LogP contribution in [0.4, 0.5) is 13.2 Å². The molecule has 2 N–H and O–H groups in total. The normalized spacial score (nSPS) is 23.8. The van der Waals surface area contributed by atoms with Gasteiger partial charge < -0.3 is 9.84 Å². The van der Waals surface area contributed by atoms with E-state index in [1.165, 1.54) is 21.2 Å². The molecule has 42 heavy (non-hydrogen) atoms. The molecule has 2 aliphatic heterocycles. The zero-order valence-electron chi connectivity index (χ0n) is 23.1. The number of halogens is 3. The lowest BCUT2D eigenvalue weighted by molar-refractivity contribution is -0.192. The molecule has 2 aliphatic rings. The molecule has 0 unspecified atom stereocenters. The van der Waals surface area contributed by atoms with E-state index < -0.39 is 63.4 Å². The van der Waals surface area contributed by atoms with E-state index in [9.17, 15) is 36.0 Å². The number of benzene rings is 2. The number of likely N-dealkylation sites (tertiary alicyclic amines) is 1. The number of carboxylic acids is 1. The van der Waals surface area contributed by atoms with Gasteiger partial charge in [-0.3, -0.25) is 24.6 Å². The monoisotopic (exact) mass is 613 g/mol. The fourth-order valence-corrected chi connectivity index (χ4v) is 6.46. The van der Waals surface area contributed by atoms with Crippen molar-refractivity contribution in [2.75, 3.05) is 27.7 Å². The maximum Gasteiger partial charge on any atom is 0.490 e. The fraction of sp³-hybridized carbons (Fsp3) is 0.407. The van der Waals surface area contributed by atoms with Gasteiger partial charge in [0.15, 0.2) is 0 Å². The number of esters is 1. The average molecular weight is 614 g/mol. The van der Waals surface area contributed by atoms with Crippen LogP contribution in [-0.2, 0) is 33.9 Å². The third kappa shape index (κ3) is 6.03. The molecular weight excluding hydrogens is 583 g/mol. The van der Waals surface area contributed by atoms with Gasteiger partial charge in [0.05, 0.1) is 23.8 Å². The zero-order chi connectivity index (χ0) is 31.6. The van der Waals surface area contributed by atoms with Crippen LogP contribution in [0.1, 0.15) is 13.3 Å². The maximum atomic E-state index is 13.3. The van der Waals surface area contributed by atoms with Crippen LogP contribution in [0.15, 0.2) is 59.5 Å². The Hall–Kier alpha value is -3.82. The number of alkyl halides is 3. The summed E-state index contributed by atoms with van der Waals surface area (Å²) in [5, 5.41) is 10.2.